The molecule has 4 aromatic rings. The van der Waals surface area contributed by atoms with Crippen molar-refractivity contribution in [3.63, 3.8) is 0 Å². The first-order valence-electron chi connectivity index (χ1n) is 9.08. The number of aromatic nitrogens is 4. The Morgan fingerprint density at radius 3 is 2.06 bits per heavy atom. The lowest BCUT2D eigenvalue weighted by Gasteiger charge is -2.02. The van der Waals surface area contributed by atoms with Crippen LogP contribution in [-0.4, -0.2) is 34.9 Å². The third-order valence-electron chi connectivity index (χ3n) is 4.16. The van der Waals surface area contributed by atoms with Crippen LogP contribution < -0.4 is 0 Å². The summed E-state index contributed by atoms with van der Waals surface area (Å²) in [4.78, 5) is 1.85. The second-order valence-corrected chi connectivity index (χ2v) is 10.8. The van der Waals surface area contributed by atoms with E-state index in [1.165, 1.54) is 6.20 Å². The minimum atomic E-state index is -1.02. The number of nitriles is 2. The van der Waals surface area contributed by atoms with E-state index in [9.17, 15) is 4.21 Å². The Morgan fingerprint density at radius 2 is 1.55 bits per heavy atom. The predicted molar refractivity (Wildman–Crippen MR) is 129 cm³/mol. The van der Waals surface area contributed by atoms with Crippen LogP contribution in [0.2, 0.25) is 0 Å². The lowest BCUT2D eigenvalue weighted by atomic mass is 10.3. The van der Waals surface area contributed by atoms with E-state index in [2.05, 4.69) is 61.1 Å². The van der Waals surface area contributed by atoms with E-state index in [1.807, 2.05) is 19.2 Å². The van der Waals surface area contributed by atoms with Crippen molar-refractivity contribution in [1.29, 1.82) is 10.5 Å². The van der Waals surface area contributed by atoms with Crippen LogP contribution in [0.4, 0.5) is 0 Å². The van der Waals surface area contributed by atoms with Gasteiger partial charge in [0.05, 0.1) is 50.2 Å². The Kier molecular flexibility index (Phi) is 7.89. The molecular weight excluding hydrogens is 564 g/mol. The normalized spacial score (nSPS) is 11.5. The predicted octanol–water partition coefficient (Wildman–Crippen LogP) is 5.18. The standard InChI is InChI=1S/C10H8BrN3OS.C10H8BrN3S/c1-2-16(15)8-3-9(11)10-7(4-12)5-13-14(10)6-8;1-2-15-8-3-9(11)10-7(4-12)5-13-14(10)6-8/h3,5-6H,2H2,1H3;3,5-6H,2H2,1H3. The van der Waals surface area contributed by atoms with Gasteiger partial charge in [-0.3, -0.25) is 4.21 Å². The van der Waals surface area contributed by atoms with Gasteiger partial charge in [0.25, 0.3) is 0 Å². The zero-order chi connectivity index (χ0) is 22.5. The average Bonchev–Trinajstić information content (AvgIpc) is 3.38. The summed E-state index contributed by atoms with van der Waals surface area (Å²) in [6.07, 6.45) is 6.72. The minimum absolute atomic E-state index is 0.501. The summed E-state index contributed by atoms with van der Waals surface area (Å²) >= 11 is 8.58. The third-order valence-corrected chi connectivity index (χ3v) is 7.49. The molecule has 11 heteroatoms. The first kappa shape index (κ1) is 23.5. The maximum Gasteiger partial charge on any atom is 0.103 e. The molecular formula is C20H16Br2N6OS2. The van der Waals surface area contributed by atoms with E-state index < -0.39 is 10.8 Å². The van der Waals surface area contributed by atoms with Gasteiger partial charge in [0.15, 0.2) is 0 Å². The van der Waals surface area contributed by atoms with Gasteiger partial charge >= 0.3 is 0 Å². The second kappa shape index (κ2) is 10.4. The molecule has 0 aliphatic carbocycles. The molecule has 0 N–H and O–H groups in total. The van der Waals surface area contributed by atoms with Crippen molar-refractivity contribution >= 4 is 65.5 Å². The summed E-state index contributed by atoms with van der Waals surface area (Å²) < 4.78 is 16.6. The number of fused-ring (bicyclic) bond motifs is 2. The molecule has 158 valence electrons. The summed E-state index contributed by atoms with van der Waals surface area (Å²) in [6, 6.07) is 7.98. The molecule has 0 radical (unpaired) electrons. The molecule has 0 saturated heterocycles. The van der Waals surface area contributed by atoms with Gasteiger partial charge < -0.3 is 0 Å². The molecule has 4 rings (SSSR count). The van der Waals surface area contributed by atoms with Gasteiger partial charge in [0.2, 0.25) is 0 Å². The lowest BCUT2D eigenvalue weighted by Crippen LogP contribution is -1.98. The smallest absolute Gasteiger partial charge is 0.103 e. The summed E-state index contributed by atoms with van der Waals surface area (Å²) in [7, 11) is -1.02. The van der Waals surface area contributed by atoms with Crippen molar-refractivity contribution < 1.29 is 4.21 Å². The summed E-state index contributed by atoms with van der Waals surface area (Å²) in [6.45, 7) is 3.96. The maximum atomic E-state index is 11.7. The van der Waals surface area contributed by atoms with E-state index in [1.54, 1.807) is 39.3 Å². The topological polar surface area (TPSA) is 99.2 Å². The van der Waals surface area contributed by atoms with E-state index in [-0.39, 0.29) is 0 Å². The zero-order valence-corrected chi connectivity index (χ0v) is 21.3. The molecule has 0 aliphatic rings. The van der Waals surface area contributed by atoms with Crippen LogP contribution in [0.5, 0.6) is 0 Å². The van der Waals surface area contributed by atoms with Crippen molar-refractivity contribution in [3.05, 3.63) is 57.0 Å². The fraction of sp³-hybridized carbons (Fsp3) is 0.200. The second-order valence-electron chi connectivity index (χ2n) is 6.04. The molecule has 0 saturated carbocycles. The Labute approximate surface area is 202 Å². The van der Waals surface area contributed by atoms with Gasteiger partial charge in [-0.05, 0) is 49.7 Å². The molecule has 0 spiro atoms. The molecule has 4 heterocycles. The van der Waals surface area contributed by atoms with Crippen molar-refractivity contribution in [2.75, 3.05) is 11.5 Å². The average molecular weight is 580 g/mol. The molecule has 0 aromatic carbocycles. The van der Waals surface area contributed by atoms with Crippen molar-refractivity contribution in [3.8, 4) is 12.1 Å². The molecule has 0 amide bonds. The first-order chi connectivity index (χ1) is 14.9. The molecule has 1 unspecified atom stereocenters. The molecule has 1 atom stereocenters. The molecule has 7 nitrogen and oxygen atoms in total. The monoisotopic (exact) mass is 578 g/mol. The fourth-order valence-electron chi connectivity index (χ4n) is 2.80. The van der Waals surface area contributed by atoms with Crippen molar-refractivity contribution in [1.82, 2.24) is 19.2 Å². The van der Waals surface area contributed by atoms with Gasteiger partial charge in [-0.1, -0.05) is 13.8 Å². The Morgan fingerprint density at radius 1 is 1.00 bits per heavy atom. The third kappa shape index (κ3) is 5.01. The van der Waals surface area contributed by atoms with E-state index in [0.29, 0.717) is 27.3 Å². The number of hydrogen-bond acceptors (Lipinski definition) is 6. The number of thioether (sulfide) groups is 1. The van der Waals surface area contributed by atoms with E-state index in [0.717, 1.165) is 25.1 Å². The van der Waals surface area contributed by atoms with E-state index in [4.69, 9.17) is 10.5 Å². The summed E-state index contributed by atoms with van der Waals surface area (Å²) in [5.74, 6) is 1.58. The SMILES string of the molecule is CCS(=O)c1cc(Br)c2c(C#N)cnn2c1.CCSc1cc(Br)c2c(C#N)cnn2c1. The van der Waals surface area contributed by atoms with Gasteiger partial charge in [-0.25, -0.2) is 9.03 Å². The summed E-state index contributed by atoms with van der Waals surface area (Å²) in [5.41, 5.74) is 2.63. The highest BCUT2D eigenvalue weighted by molar-refractivity contribution is 9.11. The Bertz CT molecular complexity index is 1370. The van der Waals surface area contributed by atoms with Crippen molar-refractivity contribution in [2.45, 2.75) is 23.6 Å². The van der Waals surface area contributed by atoms with Crippen LogP contribution in [0, 0.1) is 22.7 Å². The lowest BCUT2D eigenvalue weighted by molar-refractivity contribution is 0.683. The first-order valence-corrected chi connectivity index (χ1v) is 13.0. The van der Waals surface area contributed by atoms with Crippen LogP contribution in [0.1, 0.15) is 25.0 Å². The van der Waals surface area contributed by atoms with Crippen LogP contribution in [0.25, 0.3) is 11.0 Å². The molecule has 0 bridgehead atoms. The van der Waals surface area contributed by atoms with Gasteiger partial charge in [-0.15, -0.1) is 11.8 Å². The highest BCUT2D eigenvalue weighted by Gasteiger charge is 2.11. The highest BCUT2D eigenvalue weighted by Crippen LogP contribution is 2.27. The van der Waals surface area contributed by atoms with Crippen LogP contribution in [-0.2, 0) is 10.8 Å². The number of pyridine rings is 2. The molecule has 0 fully saturated rings. The largest absolute Gasteiger partial charge is 0.254 e. The van der Waals surface area contributed by atoms with Crippen molar-refractivity contribution in [2.24, 2.45) is 0 Å². The number of hydrogen-bond donors (Lipinski definition) is 0. The fourth-order valence-corrected chi connectivity index (χ4v) is 5.89. The van der Waals surface area contributed by atoms with Crippen LogP contribution in [0.3, 0.4) is 0 Å². The number of nitrogens with zero attached hydrogens (tertiary/aromatic N) is 6. The Hall–Kier alpha value is -2.18. The summed E-state index contributed by atoms with van der Waals surface area (Å²) in [5, 5.41) is 26.0. The minimum Gasteiger partial charge on any atom is -0.254 e. The van der Waals surface area contributed by atoms with E-state index >= 15 is 0 Å². The van der Waals surface area contributed by atoms with Crippen LogP contribution in [0.15, 0.2) is 55.7 Å². The maximum absolute atomic E-state index is 11.7. The number of halogens is 2. The molecule has 31 heavy (non-hydrogen) atoms. The quantitative estimate of drug-likeness (QED) is 0.309. The van der Waals surface area contributed by atoms with Gasteiger partial charge in [0.1, 0.15) is 12.1 Å². The highest BCUT2D eigenvalue weighted by atomic mass is 79.9. The van der Waals surface area contributed by atoms with Gasteiger partial charge in [-0.2, -0.15) is 20.7 Å². The molecule has 0 aliphatic heterocycles. The molecule has 4 aromatic heterocycles. The van der Waals surface area contributed by atoms with Crippen LogP contribution >= 0.6 is 43.6 Å². The number of rotatable bonds is 4. The van der Waals surface area contributed by atoms with Gasteiger partial charge in [0, 0.05) is 32.0 Å². The Balaban J connectivity index is 0.000000176. The zero-order valence-electron chi connectivity index (χ0n) is 16.5.